The number of halogens is 1. The van der Waals surface area contributed by atoms with Crippen molar-refractivity contribution in [3.63, 3.8) is 0 Å². The summed E-state index contributed by atoms with van der Waals surface area (Å²) in [5.74, 6) is 1.20. The second-order valence-corrected chi connectivity index (χ2v) is 5.62. The molecule has 0 spiro atoms. The number of benzene rings is 1. The van der Waals surface area contributed by atoms with Crippen molar-refractivity contribution in [3.8, 4) is 11.5 Å². The highest BCUT2D eigenvalue weighted by Gasteiger charge is 2.11. The van der Waals surface area contributed by atoms with Crippen molar-refractivity contribution < 1.29 is 9.47 Å². The molecular weight excluding hydrogens is 262 g/mol. The number of nitrogens with one attached hydrogen (secondary N) is 1. The zero-order chi connectivity index (χ0) is 14.5. The van der Waals surface area contributed by atoms with E-state index in [1.807, 2.05) is 24.3 Å². The summed E-state index contributed by atoms with van der Waals surface area (Å²) in [4.78, 5) is 0. The summed E-state index contributed by atoms with van der Waals surface area (Å²) in [6.07, 6.45) is 4.02. The Morgan fingerprint density at radius 3 is 2.42 bits per heavy atom. The molecule has 0 heterocycles. The quantitative estimate of drug-likeness (QED) is 0.892. The van der Waals surface area contributed by atoms with Crippen LogP contribution in [-0.4, -0.2) is 26.3 Å². The first-order valence-electron chi connectivity index (χ1n) is 6.21. The van der Waals surface area contributed by atoms with Crippen molar-refractivity contribution in [2.24, 2.45) is 0 Å². The molecule has 0 unspecified atom stereocenters. The smallest absolute Gasteiger partial charge is 0.179 e. The fourth-order valence-electron chi connectivity index (χ4n) is 1.58. The number of hydrogen-bond acceptors (Lipinski definition) is 3. The summed E-state index contributed by atoms with van der Waals surface area (Å²) >= 11 is 6.29. The van der Waals surface area contributed by atoms with Gasteiger partial charge in [-0.3, -0.25) is 0 Å². The molecule has 1 aromatic rings. The van der Waals surface area contributed by atoms with Crippen molar-refractivity contribution in [2.45, 2.75) is 26.3 Å². The van der Waals surface area contributed by atoms with Crippen LogP contribution in [-0.2, 0) is 0 Å². The van der Waals surface area contributed by atoms with Gasteiger partial charge >= 0.3 is 0 Å². The maximum atomic E-state index is 6.29. The van der Waals surface area contributed by atoms with Crippen LogP contribution in [0.25, 0.3) is 6.08 Å². The fourth-order valence-corrected chi connectivity index (χ4v) is 1.88. The predicted octanol–water partition coefficient (Wildman–Crippen LogP) is 3.76. The Morgan fingerprint density at radius 1 is 1.21 bits per heavy atom. The van der Waals surface area contributed by atoms with Crippen molar-refractivity contribution in [1.82, 2.24) is 5.32 Å². The zero-order valence-electron chi connectivity index (χ0n) is 12.2. The predicted molar refractivity (Wildman–Crippen MR) is 81.3 cm³/mol. The monoisotopic (exact) mass is 283 g/mol. The Balaban J connectivity index is 2.82. The average Bonchev–Trinajstić information content (AvgIpc) is 2.34. The van der Waals surface area contributed by atoms with Crippen LogP contribution >= 0.6 is 11.6 Å². The van der Waals surface area contributed by atoms with Crippen LogP contribution in [0.2, 0.25) is 5.02 Å². The first-order valence-corrected chi connectivity index (χ1v) is 6.59. The van der Waals surface area contributed by atoms with E-state index in [2.05, 4.69) is 26.1 Å². The van der Waals surface area contributed by atoms with Gasteiger partial charge in [0.2, 0.25) is 0 Å². The van der Waals surface area contributed by atoms with E-state index in [4.69, 9.17) is 21.1 Å². The van der Waals surface area contributed by atoms with Crippen LogP contribution < -0.4 is 14.8 Å². The van der Waals surface area contributed by atoms with E-state index in [0.29, 0.717) is 16.5 Å². The lowest BCUT2D eigenvalue weighted by Gasteiger charge is -2.19. The van der Waals surface area contributed by atoms with Crippen molar-refractivity contribution >= 4 is 17.7 Å². The Labute approximate surface area is 120 Å². The lowest BCUT2D eigenvalue weighted by atomic mass is 10.1. The van der Waals surface area contributed by atoms with Gasteiger partial charge < -0.3 is 14.8 Å². The molecule has 0 saturated heterocycles. The molecule has 0 aliphatic rings. The molecule has 1 rings (SSSR count). The van der Waals surface area contributed by atoms with Crippen LogP contribution in [0.5, 0.6) is 11.5 Å². The van der Waals surface area contributed by atoms with Crippen LogP contribution in [0.15, 0.2) is 18.2 Å². The van der Waals surface area contributed by atoms with Crippen LogP contribution in [0, 0.1) is 0 Å². The van der Waals surface area contributed by atoms with Gasteiger partial charge in [0, 0.05) is 12.1 Å². The molecule has 0 saturated carbocycles. The van der Waals surface area contributed by atoms with Crippen molar-refractivity contribution in [1.29, 1.82) is 0 Å². The molecule has 3 nitrogen and oxygen atoms in total. The molecule has 0 fully saturated rings. The van der Waals surface area contributed by atoms with Gasteiger partial charge in [-0.25, -0.2) is 0 Å². The Kier molecular flexibility index (Phi) is 5.70. The zero-order valence-corrected chi connectivity index (χ0v) is 13.0. The van der Waals surface area contributed by atoms with Gasteiger partial charge in [0.05, 0.1) is 19.2 Å². The molecule has 0 radical (unpaired) electrons. The normalized spacial score (nSPS) is 11.9. The summed E-state index contributed by atoms with van der Waals surface area (Å²) < 4.78 is 10.5. The third kappa shape index (κ3) is 4.77. The van der Waals surface area contributed by atoms with Crippen molar-refractivity contribution in [3.05, 3.63) is 28.8 Å². The molecule has 0 aromatic heterocycles. The Morgan fingerprint density at radius 2 is 1.89 bits per heavy atom. The van der Waals surface area contributed by atoms with E-state index in [1.165, 1.54) is 0 Å². The molecule has 0 bridgehead atoms. The molecule has 0 atom stereocenters. The summed E-state index contributed by atoms with van der Waals surface area (Å²) in [6, 6.07) is 3.76. The third-order valence-corrected chi connectivity index (χ3v) is 2.95. The lowest BCUT2D eigenvalue weighted by molar-refractivity contribution is 0.355. The summed E-state index contributed by atoms with van der Waals surface area (Å²) in [5, 5.41) is 3.94. The summed E-state index contributed by atoms with van der Waals surface area (Å²) in [6.45, 7) is 7.17. The molecule has 0 amide bonds. The van der Waals surface area contributed by atoms with Crippen LogP contribution in [0.1, 0.15) is 26.3 Å². The fraction of sp³-hybridized carbons (Fsp3) is 0.467. The molecular formula is C15H22ClNO2. The van der Waals surface area contributed by atoms with E-state index in [1.54, 1.807) is 14.2 Å². The minimum Gasteiger partial charge on any atom is -0.493 e. The molecule has 1 N–H and O–H groups in total. The maximum absolute atomic E-state index is 6.29. The van der Waals surface area contributed by atoms with Crippen LogP contribution in [0.3, 0.4) is 0 Å². The largest absolute Gasteiger partial charge is 0.493 e. The number of ether oxygens (including phenoxy) is 2. The van der Waals surface area contributed by atoms with Gasteiger partial charge in [-0.2, -0.15) is 0 Å². The molecule has 19 heavy (non-hydrogen) atoms. The van der Waals surface area contributed by atoms with Gasteiger partial charge in [-0.1, -0.05) is 23.8 Å². The van der Waals surface area contributed by atoms with Gasteiger partial charge in [0.15, 0.2) is 11.5 Å². The number of rotatable bonds is 5. The van der Waals surface area contributed by atoms with Gasteiger partial charge in [0.1, 0.15) is 0 Å². The minimum absolute atomic E-state index is 0.103. The summed E-state index contributed by atoms with van der Waals surface area (Å²) in [5.41, 5.74) is 1.01. The molecule has 4 heteroatoms. The average molecular weight is 284 g/mol. The maximum Gasteiger partial charge on any atom is 0.179 e. The van der Waals surface area contributed by atoms with Gasteiger partial charge in [0.25, 0.3) is 0 Å². The highest BCUT2D eigenvalue weighted by atomic mass is 35.5. The molecule has 0 aliphatic carbocycles. The highest BCUT2D eigenvalue weighted by molar-refractivity contribution is 6.33. The summed E-state index contributed by atoms with van der Waals surface area (Å²) in [7, 11) is 3.18. The first kappa shape index (κ1) is 15.9. The second-order valence-electron chi connectivity index (χ2n) is 5.24. The highest BCUT2D eigenvalue weighted by Crippen LogP contribution is 2.37. The molecule has 0 aliphatic heterocycles. The first-order chi connectivity index (χ1) is 8.89. The number of methoxy groups -OCH3 is 2. The van der Waals surface area contributed by atoms with Crippen LogP contribution in [0.4, 0.5) is 0 Å². The lowest BCUT2D eigenvalue weighted by Crippen LogP contribution is -2.35. The van der Waals surface area contributed by atoms with E-state index < -0.39 is 0 Å². The van der Waals surface area contributed by atoms with E-state index in [9.17, 15) is 0 Å². The van der Waals surface area contributed by atoms with Gasteiger partial charge in [-0.05, 0) is 38.5 Å². The molecule has 106 valence electrons. The van der Waals surface area contributed by atoms with E-state index in [0.717, 1.165) is 12.1 Å². The third-order valence-electron chi connectivity index (χ3n) is 2.56. The number of hydrogen-bond donors (Lipinski definition) is 1. The van der Waals surface area contributed by atoms with Crippen molar-refractivity contribution in [2.75, 3.05) is 20.8 Å². The Bertz CT molecular complexity index is 450. The standard InChI is InChI=1S/C15H22ClNO2/c1-15(2,3)17-10-6-7-11-8-9-12(18-4)14(19-5)13(11)16/h6-9,17H,10H2,1-5H3. The van der Waals surface area contributed by atoms with E-state index in [-0.39, 0.29) is 5.54 Å². The SMILES string of the molecule is COc1ccc(C=CCNC(C)(C)C)c(Cl)c1OC. The minimum atomic E-state index is 0.103. The topological polar surface area (TPSA) is 30.5 Å². The van der Waals surface area contributed by atoms with E-state index >= 15 is 0 Å². The van der Waals surface area contributed by atoms with Gasteiger partial charge in [-0.15, -0.1) is 0 Å². The Hall–Kier alpha value is -1.19. The molecule has 1 aromatic carbocycles. The second kappa shape index (κ2) is 6.83.